The number of rotatable bonds is 3. The topological polar surface area (TPSA) is 32.3 Å². The highest BCUT2D eigenvalue weighted by molar-refractivity contribution is 5.77. The lowest BCUT2D eigenvalue weighted by Crippen LogP contribution is -2.39. The largest absolute Gasteiger partial charge is 0.339 e. The molecular weight excluding hydrogens is 224 g/mol. The number of carbonyl (C=O) groups excluding carboxylic acids is 1. The summed E-state index contributed by atoms with van der Waals surface area (Å²) < 4.78 is 0. The molecule has 2 heterocycles. The number of hydrogen-bond acceptors (Lipinski definition) is 2. The van der Waals surface area contributed by atoms with Crippen molar-refractivity contribution in [2.75, 3.05) is 19.6 Å². The van der Waals surface area contributed by atoms with E-state index in [0.717, 1.165) is 32.5 Å². The van der Waals surface area contributed by atoms with Crippen molar-refractivity contribution in [2.24, 2.45) is 17.3 Å². The summed E-state index contributed by atoms with van der Waals surface area (Å²) in [6.07, 6.45) is 2.81. The zero-order chi connectivity index (χ0) is 13.3. The van der Waals surface area contributed by atoms with Crippen LogP contribution in [0.5, 0.6) is 0 Å². The molecular formula is C15H28N2O. The zero-order valence-electron chi connectivity index (χ0n) is 12.3. The van der Waals surface area contributed by atoms with Crippen molar-refractivity contribution in [3.05, 3.63) is 0 Å². The summed E-state index contributed by atoms with van der Waals surface area (Å²) in [5.41, 5.74) is 0.258. The Labute approximate surface area is 111 Å². The molecule has 2 aliphatic heterocycles. The average Bonchev–Trinajstić information content (AvgIpc) is 2.83. The van der Waals surface area contributed by atoms with Crippen molar-refractivity contribution in [1.29, 1.82) is 0 Å². The molecule has 18 heavy (non-hydrogen) atoms. The quantitative estimate of drug-likeness (QED) is 0.835. The summed E-state index contributed by atoms with van der Waals surface area (Å²) in [5.74, 6) is 1.79. The van der Waals surface area contributed by atoms with E-state index in [-0.39, 0.29) is 5.41 Å². The molecule has 0 saturated carbocycles. The van der Waals surface area contributed by atoms with Crippen LogP contribution in [0.2, 0.25) is 0 Å². The summed E-state index contributed by atoms with van der Waals surface area (Å²) in [6, 6.07) is 0.484. The van der Waals surface area contributed by atoms with Crippen molar-refractivity contribution < 1.29 is 4.79 Å². The van der Waals surface area contributed by atoms with Crippen molar-refractivity contribution in [2.45, 2.75) is 53.0 Å². The first kappa shape index (κ1) is 13.9. The molecule has 3 nitrogen and oxygen atoms in total. The molecule has 1 amide bonds. The first-order valence-electron chi connectivity index (χ1n) is 7.42. The van der Waals surface area contributed by atoms with Crippen LogP contribution in [0, 0.1) is 17.3 Å². The van der Waals surface area contributed by atoms with Crippen LogP contribution in [0.15, 0.2) is 0 Å². The van der Waals surface area contributed by atoms with Crippen molar-refractivity contribution >= 4 is 5.91 Å². The molecule has 0 radical (unpaired) electrons. The second kappa shape index (κ2) is 5.20. The number of likely N-dealkylation sites (tertiary alicyclic amines) is 1. The normalized spacial score (nSPS) is 31.8. The SMILES string of the molecule is CCC1C2CNCC2CN1C(=O)CCC(C)(C)C. The number of nitrogens with zero attached hydrogens (tertiary/aromatic N) is 1. The van der Waals surface area contributed by atoms with Gasteiger partial charge in [0, 0.05) is 32.1 Å². The minimum Gasteiger partial charge on any atom is -0.339 e. The van der Waals surface area contributed by atoms with E-state index in [9.17, 15) is 4.79 Å². The first-order valence-corrected chi connectivity index (χ1v) is 7.42. The Morgan fingerprint density at radius 2 is 2.06 bits per heavy atom. The summed E-state index contributed by atoms with van der Waals surface area (Å²) in [7, 11) is 0. The number of amides is 1. The van der Waals surface area contributed by atoms with Crippen LogP contribution in [0.25, 0.3) is 0 Å². The third-order valence-corrected chi connectivity index (χ3v) is 4.55. The standard InChI is InChI=1S/C15H28N2O/c1-5-13-12-9-16-8-11(12)10-17(13)14(18)6-7-15(2,3)4/h11-13,16H,5-10H2,1-4H3. The maximum atomic E-state index is 12.4. The fourth-order valence-electron chi connectivity index (χ4n) is 3.46. The van der Waals surface area contributed by atoms with E-state index in [1.165, 1.54) is 0 Å². The van der Waals surface area contributed by atoms with Gasteiger partial charge >= 0.3 is 0 Å². The second-order valence-electron chi connectivity index (χ2n) is 7.16. The Kier molecular flexibility index (Phi) is 4.00. The Balaban J connectivity index is 1.94. The van der Waals surface area contributed by atoms with Crippen LogP contribution in [-0.4, -0.2) is 36.5 Å². The molecule has 2 aliphatic rings. The fourth-order valence-corrected chi connectivity index (χ4v) is 3.46. The molecule has 0 aliphatic carbocycles. The highest BCUT2D eigenvalue weighted by atomic mass is 16.2. The van der Waals surface area contributed by atoms with Crippen LogP contribution in [0.4, 0.5) is 0 Å². The first-order chi connectivity index (χ1) is 8.42. The lowest BCUT2D eigenvalue weighted by molar-refractivity contribution is -0.133. The van der Waals surface area contributed by atoms with E-state index in [4.69, 9.17) is 0 Å². The summed E-state index contributed by atoms with van der Waals surface area (Å²) in [4.78, 5) is 14.6. The van der Waals surface area contributed by atoms with Crippen LogP contribution >= 0.6 is 0 Å². The van der Waals surface area contributed by atoms with Gasteiger partial charge < -0.3 is 10.2 Å². The number of nitrogens with one attached hydrogen (secondary N) is 1. The lowest BCUT2D eigenvalue weighted by atomic mass is 9.90. The monoisotopic (exact) mass is 252 g/mol. The Bertz CT molecular complexity index is 308. The van der Waals surface area contributed by atoms with E-state index in [2.05, 4.69) is 37.9 Å². The maximum absolute atomic E-state index is 12.4. The maximum Gasteiger partial charge on any atom is 0.222 e. The van der Waals surface area contributed by atoms with E-state index >= 15 is 0 Å². The summed E-state index contributed by atoms with van der Waals surface area (Å²) in [6.45, 7) is 12.0. The molecule has 104 valence electrons. The summed E-state index contributed by atoms with van der Waals surface area (Å²) in [5, 5.41) is 3.47. The third-order valence-electron chi connectivity index (χ3n) is 4.55. The fraction of sp³-hybridized carbons (Fsp3) is 0.933. The summed E-state index contributed by atoms with van der Waals surface area (Å²) >= 11 is 0. The highest BCUT2D eigenvalue weighted by Crippen LogP contribution is 2.35. The van der Waals surface area contributed by atoms with Gasteiger partial charge in [-0.1, -0.05) is 27.7 Å². The molecule has 3 heteroatoms. The molecule has 0 aromatic heterocycles. The molecule has 0 aromatic carbocycles. The predicted octanol–water partition coefficient (Wildman–Crippen LogP) is 2.27. The van der Waals surface area contributed by atoms with E-state index < -0.39 is 0 Å². The minimum atomic E-state index is 0.258. The van der Waals surface area contributed by atoms with E-state index in [0.29, 0.717) is 30.2 Å². The van der Waals surface area contributed by atoms with Gasteiger partial charge in [-0.05, 0) is 30.1 Å². The van der Waals surface area contributed by atoms with Crippen molar-refractivity contribution in [1.82, 2.24) is 10.2 Å². The molecule has 0 bridgehead atoms. The van der Waals surface area contributed by atoms with E-state index in [1.54, 1.807) is 0 Å². The van der Waals surface area contributed by atoms with Crippen LogP contribution < -0.4 is 5.32 Å². The molecule has 2 fully saturated rings. The van der Waals surface area contributed by atoms with Gasteiger partial charge in [-0.25, -0.2) is 0 Å². The average molecular weight is 252 g/mol. The van der Waals surface area contributed by atoms with Gasteiger partial charge in [0.15, 0.2) is 0 Å². The molecule has 1 N–H and O–H groups in total. The van der Waals surface area contributed by atoms with Gasteiger partial charge in [0.25, 0.3) is 0 Å². The van der Waals surface area contributed by atoms with Crippen molar-refractivity contribution in [3.63, 3.8) is 0 Å². The Morgan fingerprint density at radius 3 is 2.67 bits per heavy atom. The van der Waals surface area contributed by atoms with Gasteiger partial charge in [-0.2, -0.15) is 0 Å². The molecule has 0 aromatic rings. The number of fused-ring (bicyclic) bond motifs is 1. The van der Waals surface area contributed by atoms with Crippen LogP contribution in [-0.2, 0) is 4.79 Å². The van der Waals surface area contributed by atoms with Gasteiger partial charge in [0.1, 0.15) is 0 Å². The molecule has 0 spiro atoms. The smallest absolute Gasteiger partial charge is 0.222 e. The minimum absolute atomic E-state index is 0.258. The lowest BCUT2D eigenvalue weighted by Gasteiger charge is -2.28. The molecule has 3 unspecified atom stereocenters. The van der Waals surface area contributed by atoms with E-state index in [1.807, 2.05) is 0 Å². The Morgan fingerprint density at radius 1 is 1.33 bits per heavy atom. The third kappa shape index (κ3) is 2.87. The molecule has 2 rings (SSSR count). The molecule has 2 saturated heterocycles. The van der Waals surface area contributed by atoms with Gasteiger partial charge in [-0.15, -0.1) is 0 Å². The van der Waals surface area contributed by atoms with Crippen LogP contribution in [0.1, 0.15) is 47.0 Å². The number of hydrogen-bond donors (Lipinski definition) is 1. The van der Waals surface area contributed by atoms with Crippen molar-refractivity contribution in [3.8, 4) is 0 Å². The highest BCUT2D eigenvalue weighted by Gasteiger charge is 2.44. The number of carbonyl (C=O) groups is 1. The predicted molar refractivity (Wildman–Crippen MR) is 74.3 cm³/mol. The second-order valence-corrected chi connectivity index (χ2v) is 7.16. The van der Waals surface area contributed by atoms with Gasteiger partial charge in [0.2, 0.25) is 5.91 Å². The zero-order valence-corrected chi connectivity index (χ0v) is 12.3. The molecule has 3 atom stereocenters. The van der Waals surface area contributed by atoms with Crippen LogP contribution in [0.3, 0.4) is 0 Å². The van der Waals surface area contributed by atoms with Gasteiger partial charge in [0.05, 0.1) is 0 Å². The van der Waals surface area contributed by atoms with Gasteiger partial charge in [-0.3, -0.25) is 4.79 Å². The Hall–Kier alpha value is -0.570.